The number of nitrogens with one attached hydrogen (secondary N) is 1. The molecule has 0 aliphatic carbocycles. The molecule has 1 aliphatic heterocycles. The maximum absolute atomic E-state index is 13.1. The van der Waals surface area contributed by atoms with Crippen LogP contribution < -0.4 is 11.1 Å². The average Bonchev–Trinajstić information content (AvgIpc) is 2.58. The van der Waals surface area contributed by atoms with Gasteiger partial charge in [-0.05, 0) is 36.1 Å². The highest BCUT2D eigenvalue weighted by Crippen LogP contribution is 2.30. The van der Waals surface area contributed by atoms with E-state index in [4.69, 9.17) is 5.73 Å². The highest BCUT2D eigenvalue weighted by molar-refractivity contribution is 6.00. The van der Waals surface area contributed by atoms with Crippen LogP contribution in [0.4, 0.5) is 11.4 Å². The van der Waals surface area contributed by atoms with E-state index in [1.54, 1.807) is 0 Å². The third-order valence-electron chi connectivity index (χ3n) is 4.81. The molecule has 0 saturated carbocycles. The predicted octanol–water partition coefficient (Wildman–Crippen LogP) is 4.05. The van der Waals surface area contributed by atoms with Crippen LogP contribution in [0.1, 0.15) is 30.6 Å². The van der Waals surface area contributed by atoms with E-state index >= 15 is 0 Å². The van der Waals surface area contributed by atoms with Crippen molar-refractivity contribution in [3.05, 3.63) is 60.2 Å². The number of nitrogens with zero attached hydrogens (tertiary/aromatic N) is 1. The summed E-state index contributed by atoms with van der Waals surface area (Å²) in [6, 6.07) is 17.7. The molecule has 1 heterocycles. The summed E-state index contributed by atoms with van der Waals surface area (Å²) in [5.74, 6) is 0.0639. The van der Waals surface area contributed by atoms with Gasteiger partial charge in [-0.25, -0.2) is 0 Å². The van der Waals surface area contributed by atoms with Crippen LogP contribution >= 0.6 is 12.4 Å². The molecule has 1 amide bonds. The number of piperidine rings is 1. The first-order chi connectivity index (χ1) is 11.5. The van der Waals surface area contributed by atoms with Crippen molar-refractivity contribution in [2.75, 3.05) is 18.4 Å². The van der Waals surface area contributed by atoms with Crippen LogP contribution in [0.3, 0.4) is 0 Å². The van der Waals surface area contributed by atoms with Crippen LogP contribution in [0.25, 0.3) is 0 Å². The van der Waals surface area contributed by atoms with Crippen molar-refractivity contribution in [3.8, 4) is 0 Å². The normalized spacial score (nSPS) is 19.0. The zero-order valence-electron chi connectivity index (χ0n) is 14.7. The lowest BCUT2D eigenvalue weighted by Crippen LogP contribution is -2.54. The minimum atomic E-state index is -0.0598. The molecule has 1 aliphatic rings. The monoisotopic (exact) mass is 359 g/mol. The fraction of sp³-hybridized carbons (Fsp3) is 0.350. The first-order valence-corrected chi connectivity index (χ1v) is 8.43. The summed E-state index contributed by atoms with van der Waals surface area (Å²) in [5.41, 5.74) is 8.64. The van der Waals surface area contributed by atoms with Crippen LogP contribution in [-0.2, 0) is 0 Å². The SMILES string of the molecule is CC1(C)CN(C(=O)c2ccccc2Nc2ccccc2)CCC1N.Cl. The Labute approximate surface area is 155 Å². The highest BCUT2D eigenvalue weighted by Gasteiger charge is 2.35. The van der Waals surface area contributed by atoms with Crippen molar-refractivity contribution in [2.45, 2.75) is 26.3 Å². The Kier molecular flexibility index (Phi) is 6.09. The smallest absolute Gasteiger partial charge is 0.255 e. The van der Waals surface area contributed by atoms with Gasteiger partial charge in [0.25, 0.3) is 5.91 Å². The molecule has 4 nitrogen and oxygen atoms in total. The van der Waals surface area contributed by atoms with Gasteiger partial charge in [0.2, 0.25) is 0 Å². The van der Waals surface area contributed by atoms with Gasteiger partial charge in [0, 0.05) is 24.8 Å². The number of carbonyl (C=O) groups is 1. The standard InChI is InChI=1S/C20H25N3O.ClH/c1-20(2)14-23(13-12-18(20)21)19(24)16-10-6-7-11-17(16)22-15-8-4-3-5-9-15;/h3-11,18,22H,12-14,21H2,1-2H3;1H. The Hall–Kier alpha value is -2.04. The second-order valence-electron chi connectivity index (χ2n) is 7.15. The number of anilines is 2. The molecule has 1 fully saturated rings. The molecule has 1 unspecified atom stereocenters. The van der Waals surface area contributed by atoms with Gasteiger partial charge in [-0.1, -0.05) is 44.2 Å². The van der Waals surface area contributed by atoms with Gasteiger partial charge in [0.15, 0.2) is 0 Å². The molecule has 0 spiro atoms. The predicted molar refractivity (Wildman–Crippen MR) is 106 cm³/mol. The zero-order valence-corrected chi connectivity index (χ0v) is 15.6. The summed E-state index contributed by atoms with van der Waals surface area (Å²) in [6.45, 7) is 5.66. The molecular formula is C20H26ClN3O. The molecular weight excluding hydrogens is 334 g/mol. The first-order valence-electron chi connectivity index (χ1n) is 8.43. The number of carbonyl (C=O) groups excluding carboxylic acids is 1. The lowest BCUT2D eigenvalue weighted by atomic mass is 9.79. The second-order valence-corrected chi connectivity index (χ2v) is 7.15. The fourth-order valence-corrected chi connectivity index (χ4v) is 3.17. The largest absolute Gasteiger partial charge is 0.355 e. The van der Waals surface area contributed by atoms with E-state index in [1.165, 1.54) is 0 Å². The molecule has 5 heteroatoms. The van der Waals surface area contributed by atoms with Crippen LogP contribution in [0.5, 0.6) is 0 Å². The number of halogens is 1. The molecule has 0 radical (unpaired) electrons. The van der Waals surface area contributed by atoms with Gasteiger partial charge in [0.1, 0.15) is 0 Å². The van der Waals surface area contributed by atoms with Crippen LogP contribution in [0.15, 0.2) is 54.6 Å². The van der Waals surface area contributed by atoms with E-state index < -0.39 is 0 Å². The number of likely N-dealkylation sites (tertiary alicyclic amines) is 1. The molecule has 1 saturated heterocycles. The van der Waals surface area contributed by atoms with E-state index in [0.29, 0.717) is 18.7 Å². The van der Waals surface area contributed by atoms with Crippen molar-refractivity contribution in [1.29, 1.82) is 0 Å². The summed E-state index contributed by atoms with van der Waals surface area (Å²) in [5, 5.41) is 3.35. The summed E-state index contributed by atoms with van der Waals surface area (Å²) >= 11 is 0. The van der Waals surface area contributed by atoms with E-state index in [-0.39, 0.29) is 29.8 Å². The summed E-state index contributed by atoms with van der Waals surface area (Å²) < 4.78 is 0. The minimum absolute atomic E-state index is 0. The number of benzene rings is 2. The van der Waals surface area contributed by atoms with Gasteiger partial charge in [0.05, 0.1) is 11.3 Å². The number of amides is 1. The van der Waals surface area contributed by atoms with Crippen LogP contribution in [0, 0.1) is 5.41 Å². The fourth-order valence-electron chi connectivity index (χ4n) is 3.17. The van der Waals surface area contributed by atoms with Gasteiger partial charge >= 0.3 is 0 Å². The van der Waals surface area contributed by atoms with E-state index in [1.807, 2.05) is 59.5 Å². The third kappa shape index (κ3) is 4.33. The van der Waals surface area contributed by atoms with Crippen molar-refractivity contribution >= 4 is 29.7 Å². The molecule has 25 heavy (non-hydrogen) atoms. The molecule has 0 aromatic heterocycles. The third-order valence-corrected chi connectivity index (χ3v) is 4.81. The van der Waals surface area contributed by atoms with Crippen molar-refractivity contribution in [3.63, 3.8) is 0 Å². The average molecular weight is 360 g/mol. The molecule has 3 N–H and O–H groups in total. The number of nitrogens with two attached hydrogens (primary N) is 1. The molecule has 0 bridgehead atoms. The van der Waals surface area contributed by atoms with E-state index in [2.05, 4.69) is 19.2 Å². The Bertz CT molecular complexity index is 718. The van der Waals surface area contributed by atoms with Crippen molar-refractivity contribution < 1.29 is 4.79 Å². The Balaban J connectivity index is 0.00000225. The van der Waals surface area contributed by atoms with Gasteiger partial charge in [-0.3, -0.25) is 4.79 Å². The molecule has 1 atom stereocenters. The number of hydrogen-bond acceptors (Lipinski definition) is 3. The van der Waals surface area contributed by atoms with Crippen LogP contribution in [0.2, 0.25) is 0 Å². The maximum Gasteiger partial charge on any atom is 0.255 e. The first kappa shape index (κ1) is 19.3. The molecule has 2 aromatic carbocycles. The van der Waals surface area contributed by atoms with Crippen molar-refractivity contribution in [2.24, 2.45) is 11.1 Å². The number of rotatable bonds is 3. The topological polar surface area (TPSA) is 58.4 Å². The van der Waals surface area contributed by atoms with Crippen molar-refractivity contribution in [1.82, 2.24) is 4.90 Å². The summed E-state index contributed by atoms with van der Waals surface area (Å²) in [7, 11) is 0. The van der Waals surface area contributed by atoms with Gasteiger partial charge in [-0.2, -0.15) is 0 Å². The van der Waals surface area contributed by atoms with E-state index in [9.17, 15) is 4.79 Å². The lowest BCUT2D eigenvalue weighted by molar-refractivity contribution is 0.0534. The highest BCUT2D eigenvalue weighted by atomic mass is 35.5. The quantitative estimate of drug-likeness (QED) is 0.869. The molecule has 3 rings (SSSR count). The maximum atomic E-state index is 13.1. The summed E-state index contributed by atoms with van der Waals surface area (Å²) in [6.07, 6.45) is 0.840. The second kappa shape index (κ2) is 7.89. The van der Waals surface area contributed by atoms with E-state index in [0.717, 1.165) is 17.8 Å². The van der Waals surface area contributed by atoms with Gasteiger partial charge < -0.3 is 16.0 Å². The van der Waals surface area contributed by atoms with Gasteiger partial charge in [-0.15, -0.1) is 12.4 Å². The zero-order chi connectivity index (χ0) is 17.2. The number of hydrogen-bond donors (Lipinski definition) is 2. The Morgan fingerprint density at radius 2 is 1.76 bits per heavy atom. The lowest BCUT2D eigenvalue weighted by Gasteiger charge is -2.42. The number of para-hydroxylation sites is 2. The Morgan fingerprint density at radius 3 is 2.44 bits per heavy atom. The molecule has 2 aromatic rings. The minimum Gasteiger partial charge on any atom is -0.355 e. The summed E-state index contributed by atoms with van der Waals surface area (Å²) in [4.78, 5) is 15.0. The Morgan fingerprint density at radius 1 is 1.12 bits per heavy atom. The molecule has 134 valence electrons. The van der Waals surface area contributed by atoms with Crippen LogP contribution in [-0.4, -0.2) is 29.9 Å².